The Hall–Kier alpha value is -0.530. The molecule has 0 fully saturated rings. The summed E-state index contributed by atoms with van der Waals surface area (Å²) in [5.41, 5.74) is 1.39. The van der Waals surface area contributed by atoms with Crippen molar-refractivity contribution in [1.82, 2.24) is 4.90 Å². The molecular formula is C16H26ClN. The Bertz CT molecular complexity index is 286. The molecule has 0 N–H and O–H groups in total. The first kappa shape index (κ1) is 15.5. The highest BCUT2D eigenvalue weighted by Gasteiger charge is 2.04. The predicted octanol–water partition coefficient (Wildman–Crippen LogP) is 4.70. The molecule has 18 heavy (non-hydrogen) atoms. The van der Waals surface area contributed by atoms with Crippen LogP contribution in [0, 0.1) is 0 Å². The monoisotopic (exact) mass is 267 g/mol. The molecule has 0 aliphatic rings. The third-order valence-corrected chi connectivity index (χ3v) is 3.40. The average molecular weight is 268 g/mol. The number of rotatable bonds is 10. The quantitative estimate of drug-likeness (QED) is 0.439. The SMILES string of the molecule is CCCCCCCN(CCCl)Cc1ccccc1. The summed E-state index contributed by atoms with van der Waals surface area (Å²) in [6.07, 6.45) is 6.70. The van der Waals surface area contributed by atoms with E-state index in [1.165, 1.54) is 44.2 Å². The third kappa shape index (κ3) is 7.03. The van der Waals surface area contributed by atoms with Crippen LogP contribution in [0.4, 0.5) is 0 Å². The van der Waals surface area contributed by atoms with Crippen LogP contribution >= 0.6 is 11.6 Å². The van der Waals surface area contributed by atoms with Gasteiger partial charge in [0.25, 0.3) is 0 Å². The van der Waals surface area contributed by atoms with Gasteiger partial charge in [0.05, 0.1) is 0 Å². The Balaban J connectivity index is 2.26. The lowest BCUT2D eigenvalue weighted by molar-refractivity contribution is 0.274. The predicted molar refractivity (Wildman–Crippen MR) is 81.2 cm³/mol. The van der Waals surface area contributed by atoms with E-state index < -0.39 is 0 Å². The van der Waals surface area contributed by atoms with Crippen molar-refractivity contribution in [3.63, 3.8) is 0 Å². The summed E-state index contributed by atoms with van der Waals surface area (Å²) < 4.78 is 0. The maximum Gasteiger partial charge on any atom is 0.0351 e. The van der Waals surface area contributed by atoms with Gasteiger partial charge in [0.1, 0.15) is 0 Å². The van der Waals surface area contributed by atoms with Crippen LogP contribution in [0.5, 0.6) is 0 Å². The van der Waals surface area contributed by atoms with E-state index in [1.807, 2.05) is 0 Å². The van der Waals surface area contributed by atoms with Crippen molar-refractivity contribution in [3.05, 3.63) is 35.9 Å². The van der Waals surface area contributed by atoms with E-state index in [0.29, 0.717) is 0 Å². The number of alkyl halides is 1. The third-order valence-electron chi connectivity index (χ3n) is 3.23. The highest BCUT2D eigenvalue weighted by molar-refractivity contribution is 6.18. The van der Waals surface area contributed by atoms with Crippen LogP contribution in [-0.4, -0.2) is 23.9 Å². The first-order valence-corrected chi connectivity index (χ1v) is 7.72. The van der Waals surface area contributed by atoms with Crippen molar-refractivity contribution in [2.24, 2.45) is 0 Å². The molecule has 0 bridgehead atoms. The van der Waals surface area contributed by atoms with Crippen LogP contribution in [0.1, 0.15) is 44.6 Å². The maximum absolute atomic E-state index is 5.88. The largest absolute Gasteiger partial charge is 0.298 e. The Morgan fingerprint density at radius 3 is 2.33 bits per heavy atom. The van der Waals surface area contributed by atoms with Gasteiger partial charge in [0.15, 0.2) is 0 Å². The molecular weight excluding hydrogens is 242 g/mol. The molecule has 0 unspecified atom stereocenters. The van der Waals surface area contributed by atoms with E-state index in [4.69, 9.17) is 11.6 Å². The molecule has 1 nitrogen and oxygen atoms in total. The Morgan fingerprint density at radius 1 is 0.944 bits per heavy atom. The Kier molecular flexibility index (Phi) is 8.97. The van der Waals surface area contributed by atoms with Gasteiger partial charge >= 0.3 is 0 Å². The van der Waals surface area contributed by atoms with Crippen molar-refractivity contribution < 1.29 is 0 Å². The van der Waals surface area contributed by atoms with E-state index in [0.717, 1.165) is 19.0 Å². The minimum Gasteiger partial charge on any atom is -0.298 e. The number of hydrogen-bond donors (Lipinski definition) is 0. The topological polar surface area (TPSA) is 3.24 Å². The maximum atomic E-state index is 5.88. The molecule has 1 aromatic carbocycles. The molecule has 0 spiro atoms. The standard InChI is InChI=1S/C16H26ClN/c1-2-3-4-5-9-13-18(14-12-17)15-16-10-7-6-8-11-16/h6-8,10-11H,2-5,9,12-15H2,1H3. The molecule has 0 radical (unpaired) electrons. The Morgan fingerprint density at radius 2 is 1.67 bits per heavy atom. The summed E-state index contributed by atoms with van der Waals surface area (Å²) in [5, 5.41) is 0. The number of nitrogens with zero attached hydrogens (tertiary/aromatic N) is 1. The summed E-state index contributed by atoms with van der Waals surface area (Å²) in [6.45, 7) is 5.45. The summed E-state index contributed by atoms with van der Waals surface area (Å²) in [5.74, 6) is 0.724. The normalized spacial score (nSPS) is 11.1. The summed E-state index contributed by atoms with van der Waals surface area (Å²) in [6, 6.07) is 10.7. The summed E-state index contributed by atoms with van der Waals surface area (Å²) in [4.78, 5) is 2.47. The first-order chi connectivity index (χ1) is 8.86. The molecule has 0 aliphatic heterocycles. The highest BCUT2D eigenvalue weighted by atomic mass is 35.5. The van der Waals surface area contributed by atoms with Crippen LogP contribution in [0.3, 0.4) is 0 Å². The molecule has 0 amide bonds. The number of hydrogen-bond acceptors (Lipinski definition) is 1. The molecule has 102 valence electrons. The fourth-order valence-electron chi connectivity index (χ4n) is 2.17. The van der Waals surface area contributed by atoms with Gasteiger partial charge in [-0.3, -0.25) is 4.90 Å². The molecule has 0 saturated heterocycles. The lowest BCUT2D eigenvalue weighted by atomic mass is 10.1. The van der Waals surface area contributed by atoms with Gasteiger partial charge in [0.2, 0.25) is 0 Å². The van der Waals surface area contributed by atoms with E-state index in [-0.39, 0.29) is 0 Å². The second-order valence-electron chi connectivity index (χ2n) is 4.86. The molecule has 1 aromatic rings. The number of halogens is 1. The lowest BCUT2D eigenvalue weighted by Crippen LogP contribution is -2.26. The fourth-order valence-corrected chi connectivity index (χ4v) is 2.41. The molecule has 0 heterocycles. The number of benzene rings is 1. The first-order valence-electron chi connectivity index (χ1n) is 7.19. The van der Waals surface area contributed by atoms with Crippen molar-refractivity contribution in [1.29, 1.82) is 0 Å². The van der Waals surface area contributed by atoms with Gasteiger partial charge in [-0.1, -0.05) is 62.9 Å². The second-order valence-corrected chi connectivity index (χ2v) is 5.24. The molecule has 2 heteroatoms. The van der Waals surface area contributed by atoms with Crippen molar-refractivity contribution in [2.45, 2.75) is 45.6 Å². The van der Waals surface area contributed by atoms with Crippen LogP contribution in [0.15, 0.2) is 30.3 Å². The minimum atomic E-state index is 0.724. The van der Waals surface area contributed by atoms with Gasteiger partial charge < -0.3 is 0 Å². The Labute approximate surface area is 117 Å². The van der Waals surface area contributed by atoms with Gasteiger partial charge in [-0.15, -0.1) is 11.6 Å². The van der Waals surface area contributed by atoms with Gasteiger partial charge in [0, 0.05) is 19.0 Å². The zero-order valence-corrected chi connectivity index (χ0v) is 12.3. The zero-order valence-electron chi connectivity index (χ0n) is 11.6. The van der Waals surface area contributed by atoms with Crippen LogP contribution in [0.25, 0.3) is 0 Å². The highest BCUT2D eigenvalue weighted by Crippen LogP contribution is 2.08. The molecule has 0 aromatic heterocycles. The minimum absolute atomic E-state index is 0.724. The second kappa shape index (κ2) is 10.4. The van der Waals surface area contributed by atoms with Crippen LogP contribution in [0.2, 0.25) is 0 Å². The summed E-state index contributed by atoms with van der Waals surface area (Å²) in [7, 11) is 0. The fraction of sp³-hybridized carbons (Fsp3) is 0.625. The van der Waals surface area contributed by atoms with E-state index in [1.54, 1.807) is 0 Å². The molecule has 1 rings (SSSR count). The molecule has 0 aliphatic carbocycles. The van der Waals surface area contributed by atoms with E-state index >= 15 is 0 Å². The van der Waals surface area contributed by atoms with E-state index in [2.05, 4.69) is 42.2 Å². The smallest absolute Gasteiger partial charge is 0.0351 e. The van der Waals surface area contributed by atoms with Crippen molar-refractivity contribution in [2.75, 3.05) is 19.0 Å². The van der Waals surface area contributed by atoms with Crippen molar-refractivity contribution in [3.8, 4) is 0 Å². The van der Waals surface area contributed by atoms with Gasteiger partial charge in [-0.25, -0.2) is 0 Å². The lowest BCUT2D eigenvalue weighted by Gasteiger charge is -2.21. The van der Waals surface area contributed by atoms with Gasteiger partial charge in [-0.05, 0) is 18.5 Å². The zero-order chi connectivity index (χ0) is 13.1. The average Bonchev–Trinajstić information content (AvgIpc) is 2.40. The van der Waals surface area contributed by atoms with Crippen LogP contribution in [-0.2, 0) is 6.54 Å². The molecule has 0 atom stereocenters. The van der Waals surface area contributed by atoms with Crippen molar-refractivity contribution >= 4 is 11.6 Å². The van der Waals surface area contributed by atoms with E-state index in [9.17, 15) is 0 Å². The molecule has 0 saturated carbocycles. The summed E-state index contributed by atoms with van der Waals surface area (Å²) >= 11 is 5.88. The van der Waals surface area contributed by atoms with Gasteiger partial charge in [-0.2, -0.15) is 0 Å². The number of unbranched alkanes of at least 4 members (excludes halogenated alkanes) is 4. The van der Waals surface area contributed by atoms with Crippen LogP contribution < -0.4 is 0 Å².